The van der Waals surface area contributed by atoms with E-state index in [1.165, 1.54) is 0 Å². The van der Waals surface area contributed by atoms with Gasteiger partial charge in [-0.1, -0.05) is 27.7 Å². The molecule has 10 heavy (non-hydrogen) atoms. The quantitative estimate of drug-likeness (QED) is 0.657. The molecular weight excluding hydrogens is 296 g/mol. The second-order valence-corrected chi connectivity index (χ2v) is 0.604. The number of hydrogen-bond acceptors (Lipinski definition) is 0. The molecule has 0 amide bonds. The molecule has 0 aliphatic heterocycles. The summed E-state index contributed by atoms with van der Waals surface area (Å²) in [5, 5.41) is 0. The van der Waals surface area contributed by atoms with Gasteiger partial charge in [0.25, 0.3) is 0 Å². The first-order valence-electron chi connectivity index (χ1n) is 3.35. The third-order valence-corrected chi connectivity index (χ3v) is 0.177. The molecule has 0 heterocycles. The fourth-order valence-corrected chi connectivity index (χ4v) is 0. The summed E-state index contributed by atoms with van der Waals surface area (Å²) in [7, 11) is 0. The minimum atomic E-state index is 0. The normalized spacial score (nSPS) is 4.20. The molecule has 2 heteroatoms. The van der Waals surface area contributed by atoms with Crippen LogP contribution in [-0.4, -0.2) is 6.54 Å². The maximum absolute atomic E-state index is 6.39. The molecule has 0 spiro atoms. The minimum absolute atomic E-state index is 0. The van der Waals surface area contributed by atoms with E-state index in [0.717, 1.165) is 6.42 Å². The van der Waals surface area contributed by atoms with E-state index in [0.29, 0.717) is 6.54 Å². The van der Waals surface area contributed by atoms with Crippen molar-refractivity contribution in [3.63, 3.8) is 0 Å². The number of nitrogens with one attached hydrogen (secondary N) is 1. The zero-order valence-electron chi connectivity index (χ0n) is 8.00. The Morgan fingerprint density at radius 2 is 1.20 bits per heavy atom. The molecule has 0 aliphatic carbocycles. The van der Waals surface area contributed by atoms with Gasteiger partial charge in [0.1, 0.15) is 0 Å². The fraction of sp³-hybridized carbons (Fsp3) is 0.750. The standard InChI is InChI=1S/C3H7N.2C2H6.CH3.Re/c1-2-3-4;2*1-2;;/h4H,1-3H2;2*1-2H3;1H3;/q-2;;;-1;. The summed E-state index contributed by atoms with van der Waals surface area (Å²) in [5.41, 5.74) is 6.39. The molecule has 0 aromatic heterocycles. The van der Waals surface area contributed by atoms with Crippen LogP contribution in [0.25, 0.3) is 5.73 Å². The van der Waals surface area contributed by atoms with Gasteiger partial charge in [0.05, 0.1) is 0 Å². The van der Waals surface area contributed by atoms with Crippen LogP contribution < -0.4 is 0 Å². The van der Waals surface area contributed by atoms with Gasteiger partial charge in [-0.2, -0.15) is 6.54 Å². The number of hydrogen-bond donors (Lipinski definition) is 0. The molecule has 0 saturated carbocycles. The van der Waals surface area contributed by atoms with Gasteiger partial charge in [0.15, 0.2) is 0 Å². The smallest absolute Gasteiger partial charge is 0 e. The van der Waals surface area contributed by atoms with Crippen molar-refractivity contribution in [3.8, 4) is 0 Å². The Kier molecular flexibility index (Phi) is 324. The monoisotopic (exact) mass is 319 g/mol. The van der Waals surface area contributed by atoms with Crippen LogP contribution in [0.3, 0.4) is 0 Å². The molecule has 1 nitrogen and oxygen atoms in total. The maximum Gasteiger partial charge on any atom is 0 e. The van der Waals surface area contributed by atoms with Crippen LogP contribution >= 0.6 is 0 Å². The molecule has 0 saturated heterocycles. The Morgan fingerprint density at radius 1 is 1.10 bits per heavy atom. The van der Waals surface area contributed by atoms with E-state index in [-0.39, 0.29) is 27.8 Å². The third-order valence-electron chi connectivity index (χ3n) is 0.177. The van der Waals surface area contributed by atoms with Gasteiger partial charge in [-0.25, -0.2) is 6.42 Å². The van der Waals surface area contributed by atoms with Crippen LogP contribution in [0.2, 0.25) is 0 Å². The molecule has 0 atom stereocenters. The summed E-state index contributed by atoms with van der Waals surface area (Å²) in [6, 6.07) is 0. The summed E-state index contributed by atoms with van der Waals surface area (Å²) < 4.78 is 0. The first kappa shape index (κ1) is 31.1. The zero-order valence-corrected chi connectivity index (χ0v) is 10.7. The van der Waals surface area contributed by atoms with E-state index in [4.69, 9.17) is 5.73 Å². The van der Waals surface area contributed by atoms with Gasteiger partial charge in [-0.3, -0.25) is 0 Å². The van der Waals surface area contributed by atoms with Gasteiger partial charge in [0, 0.05) is 20.4 Å². The first-order valence-corrected chi connectivity index (χ1v) is 3.35. The summed E-state index contributed by atoms with van der Waals surface area (Å²) in [4.78, 5) is 0. The van der Waals surface area contributed by atoms with Crippen LogP contribution in [-0.2, 0) is 20.4 Å². The molecular formula is C8H22NRe-3. The van der Waals surface area contributed by atoms with E-state index in [1.807, 2.05) is 27.7 Å². The Labute approximate surface area is 81.4 Å². The Morgan fingerprint density at radius 3 is 1.20 bits per heavy atom. The molecule has 0 aromatic rings. The second kappa shape index (κ2) is 104. The van der Waals surface area contributed by atoms with E-state index in [2.05, 4.69) is 6.92 Å². The predicted octanol–water partition coefficient (Wildman–Crippen LogP) is 3.76. The molecule has 1 N–H and O–H groups in total. The van der Waals surface area contributed by atoms with Crippen molar-refractivity contribution in [2.75, 3.05) is 6.54 Å². The largest absolute Gasteiger partial charge is 0.679 e. The summed E-state index contributed by atoms with van der Waals surface area (Å²) in [6.07, 6.45) is 0.736. The van der Waals surface area contributed by atoms with Crippen molar-refractivity contribution >= 4 is 0 Å². The number of rotatable bonds is 1. The van der Waals surface area contributed by atoms with E-state index in [9.17, 15) is 0 Å². The van der Waals surface area contributed by atoms with Gasteiger partial charge in [0.2, 0.25) is 0 Å². The predicted molar refractivity (Wildman–Crippen MR) is 48.3 cm³/mol. The molecule has 69 valence electrons. The molecule has 0 fully saturated rings. The van der Waals surface area contributed by atoms with Crippen molar-refractivity contribution in [2.45, 2.75) is 34.1 Å². The van der Waals surface area contributed by atoms with Gasteiger partial charge in [-0.15, -0.1) is 0 Å². The third kappa shape index (κ3) is 190. The molecule has 0 bridgehead atoms. The zero-order chi connectivity index (χ0) is 7.41. The maximum atomic E-state index is 6.39. The van der Waals surface area contributed by atoms with Crippen LogP contribution in [0.1, 0.15) is 34.1 Å². The molecule has 1 radical (unpaired) electrons. The van der Waals surface area contributed by atoms with E-state index < -0.39 is 0 Å². The average molecular weight is 318 g/mol. The Hall–Kier alpha value is 0.622. The van der Waals surface area contributed by atoms with E-state index >= 15 is 0 Å². The van der Waals surface area contributed by atoms with Crippen molar-refractivity contribution in [1.82, 2.24) is 0 Å². The van der Waals surface area contributed by atoms with Crippen molar-refractivity contribution in [3.05, 3.63) is 20.1 Å². The molecule has 0 unspecified atom stereocenters. The van der Waals surface area contributed by atoms with Crippen molar-refractivity contribution < 1.29 is 20.4 Å². The Balaban J connectivity index is -0.0000000125. The SMILES string of the molecule is CC.CC.[CH2-]CC[NH-].[CH3-].[Re]. The summed E-state index contributed by atoms with van der Waals surface area (Å²) in [6.45, 7) is 11.9. The van der Waals surface area contributed by atoms with Crippen LogP contribution in [0.5, 0.6) is 0 Å². The fourth-order valence-electron chi connectivity index (χ4n) is 0. The van der Waals surface area contributed by atoms with Crippen LogP contribution in [0.15, 0.2) is 0 Å². The summed E-state index contributed by atoms with van der Waals surface area (Å²) >= 11 is 0. The second-order valence-electron chi connectivity index (χ2n) is 0.604. The van der Waals surface area contributed by atoms with Crippen molar-refractivity contribution in [1.29, 1.82) is 0 Å². The topological polar surface area (TPSA) is 23.8 Å². The van der Waals surface area contributed by atoms with Gasteiger partial charge < -0.3 is 20.1 Å². The van der Waals surface area contributed by atoms with Crippen molar-refractivity contribution in [2.24, 2.45) is 0 Å². The molecule has 0 rings (SSSR count). The minimum Gasteiger partial charge on any atom is -0.679 e. The molecule has 0 aromatic carbocycles. The molecule has 0 aliphatic rings. The van der Waals surface area contributed by atoms with Crippen LogP contribution in [0.4, 0.5) is 0 Å². The van der Waals surface area contributed by atoms with Crippen LogP contribution in [0, 0.1) is 14.4 Å². The summed E-state index contributed by atoms with van der Waals surface area (Å²) in [5.74, 6) is 0. The van der Waals surface area contributed by atoms with E-state index in [1.54, 1.807) is 0 Å². The Bertz CT molecular complexity index is 11.2. The average Bonchev–Trinajstić information content (AvgIpc) is 1.96. The van der Waals surface area contributed by atoms with Gasteiger partial charge in [-0.05, 0) is 0 Å². The first-order chi connectivity index (χ1) is 3.91. The van der Waals surface area contributed by atoms with Gasteiger partial charge >= 0.3 is 0 Å².